The summed E-state index contributed by atoms with van der Waals surface area (Å²) in [5.74, 6) is -1.22. The van der Waals surface area contributed by atoms with Crippen LogP contribution in [0.4, 0.5) is 14.6 Å². The van der Waals surface area contributed by atoms with Crippen LogP contribution in [0.3, 0.4) is 0 Å². The molecule has 4 rings (SSSR count). The monoisotopic (exact) mass is 372 g/mol. The van der Waals surface area contributed by atoms with Gasteiger partial charge in [0.2, 0.25) is 5.79 Å². The third-order valence-corrected chi connectivity index (χ3v) is 4.24. The number of benzene rings is 1. The lowest BCUT2D eigenvalue weighted by molar-refractivity contribution is 0.413. The number of aromatic amines is 1. The molecule has 0 saturated carbocycles. The highest BCUT2D eigenvalue weighted by Gasteiger charge is 2.36. The van der Waals surface area contributed by atoms with Crippen LogP contribution in [0.15, 0.2) is 46.0 Å². The third-order valence-electron chi connectivity index (χ3n) is 4.24. The summed E-state index contributed by atoms with van der Waals surface area (Å²) in [6, 6.07) is 5.17. The summed E-state index contributed by atoms with van der Waals surface area (Å²) in [7, 11) is 1.78. The number of fused-ring (bicyclic) bond motifs is 1. The lowest BCUT2D eigenvalue weighted by Gasteiger charge is -2.29. The minimum absolute atomic E-state index is 0.0332. The molecule has 140 valence electrons. The summed E-state index contributed by atoms with van der Waals surface area (Å²) in [6.07, 6.45) is 1.71. The Bertz CT molecular complexity index is 993. The van der Waals surface area contributed by atoms with E-state index in [0.717, 1.165) is 11.8 Å². The van der Waals surface area contributed by atoms with Crippen LogP contribution in [0.2, 0.25) is 0 Å². The second-order valence-corrected chi connectivity index (χ2v) is 6.49. The first-order valence-corrected chi connectivity index (χ1v) is 8.25. The molecular formula is C17H18F2N8. The summed E-state index contributed by atoms with van der Waals surface area (Å²) in [6.45, 7) is 1.88. The van der Waals surface area contributed by atoms with Crippen LogP contribution in [-0.2, 0) is 6.42 Å². The minimum atomic E-state index is -1.46. The zero-order valence-electron chi connectivity index (χ0n) is 14.7. The molecule has 10 heteroatoms. The number of nitrogens with two attached hydrogens (primary N) is 1. The normalized spacial score (nSPS) is 21.2. The largest absolute Gasteiger partial charge is 0.323 e. The topological polar surface area (TPSA) is 107 Å². The van der Waals surface area contributed by atoms with E-state index in [2.05, 4.69) is 30.9 Å². The maximum Gasteiger partial charge on any atom is 0.210 e. The van der Waals surface area contributed by atoms with E-state index < -0.39 is 17.4 Å². The van der Waals surface area contributed by atoms with Crippen LogP contribution in [0.5, 0.6) is 0 Å². The molecule has 8 nitrogen and oxygen atoms in total. The Morgan fingerprint density at radius 1 is 1.26 bits per heavy atom. The molecule has 2 aliphatic heterocycles. The lowest BCUT2D eigenvalue weighted by atomic mass is 10.0. The van der Waals surface area contributed by atoms with E-state index in [1.165, 1.54) is 12.1 Å². The SMILES string of the molecule is Cc1cc(NC2=NC(N)(Cc3ccc(F)cc3F)N=C3C2=CNN3C)n[nH]1. The van der Waals surface area contributed by atoms with Crippen molar-refractivity contribution in [1.82, 2.24) is 20.6 Å². The van der Waals surface area contributed by atoms with Crippen LogP contribution in [-0.4, -0.2) is 39.7 Å². The molecule has 0 amide bonds. The lowest BCUT2D eigenvalue weighted by Crippen LogP contribution is -2.47. The second-order valence-electron chi connectivity index (χ2n) is 6.49. The van der Waals surface area contributed by atoms with Crippen molar-refractivity contribution in [1.29, 1.82) is 0 Å². The summed E-state index contributed by atoms with van der Waals surface area (Å²) >= 11 is 0. The summed E-state index contributed by atoms with van der Waals surface area (Å²) in [4.78, 5) is 8.99. The number of aromatic nitrogens is 2. The van der Waals surface area contributed by atoms with Crippen LogP contribution in [0.25, 0.3) is 0 Å². The molecule has 1 atom stereocenters. The van der Waals surface area contributed by atoms with Crippen molar-refractivity contribution in [3.63, 3.8) is 0 Å². The van der Waals surface area contributed by atoms with Crippen molar-refractivity contribution < 1.29 is 8.78 Å². The van der Waals surface area contributed by atoms with Crippen molar-refractivity contribution in [2.45, 2.75) is 19.1 Å². The van der Waals surface area contributed by atoms with Crippen molar-refractivity contribution in [3.05, 3.63) is 58.9 Å². The molecular weight excluding hydrogens is 354 g/mol. The van der Waals surface area contributed by atoms with Gasteiger partial charge in [-0.1, -0.05) is 6.07 Å². The van der Waals surface area contributed by atoms with Crippen LogP contribution in [0, 0.1) is 18.6 Å². The number of aryl methyl sites for hydroxylation is 1. The number of nitrogens with one attached hydrogen (secondary N) is 3. The molecule has 27 heavy (non-hydrogen) atoms. The third kappa shape index (κ3) is 3.26. The molecule has 0 spiro atoms. The molecule has 1 aromatic carbocycles. The van der Waals surface area contributed by atoms with E-state index >= 15 is 0 Å². The molecule has 0 fully saturated rings. The van der Waals surface area contributed by atoms with Gasteiger partial charge in [-0.2, -0.15) is 5.10 Å². The number of likely N-dealkylation sites (N-methyl/N-ethyl adjacent to an activating group) is 1. The van der Waals surface area contributed by atoms with Crippen molar-refractivity contribution in [2.24, 2.45) is 15.7 Å². The van der Waals surface area contributed by atoms with E-state index in [-0.39, 0.29) is 12.0 Å². The quantitative estimate of drug-likeness (QED) is 0.652. The van der Waals surface area contributed by atoms with Gasteiger partial charge in [0, 0.05) is 37.5 Å². The smallest absolute Gasteiger partial charge is 0.210 e. The number of rotatable bonds is 3. The predicted octanol–water partition coefficient (Wildman–Crippen LogP) is 1.41. The van der Waals surface area contributed by atoms with Crippen molar-refractivity contribution >= 4 is 17.5 Å². The number of hydrogen-bond donors (Lipinski definition) is 4. The highest BCUT2D eigenvalue weighted by molar-refractivity contribution is 6.28. The first kappa shape index (κ1) is 17.2. The maximum absolute atomic E-state index is 14.1. The van der Waals surface area contributed by atoms with Gasteiger partial charge in [-0.15, -0.1) is 0 Å². The van der Waals surface area contributed by atoms with Crippen LogP contribution in [0.1, 0.15) is 11.3 Å². The Morgan fingerprint density at radius 3 is 2.78 bits per heavy atom. The van der Waals surface area contributed by atoms with Gasteiger partial charge in [-0.05, 0) is 18.6 Å². The van der Waals surface area contributed by atoms with E-state index in [0.29, 0.717) is 23.1 Å². The molecule has 5 N–H and O–H groups in total. The van der Waals surface area contributed by atoms with Gasteiger partial charge in [0.25, 0.3) is 0 Å². The first-order chi connectivity index (χ1) is 12.8. The summed E-state index contributed by atoms with van der Waals surface area (Å²) in [5.41, 5.74) is 11.2. The standard InChI is InChI=1S/C17H18F2N8/c1-9-5-14(26-25-9)22-15-12-8-21-27(2)16(12)24-17(20,23-15)7-10-3-4-11(18)6-13(10)19/h3-6,8,21H,7,20H2,1-2H3,(H2,22,23,25,26). The van der Waals surface area contributed by atoms with E-state index in [9.17, 15) is 8.78 Å². The number of H-pyrrole nitrogens is 1. The van der Waals surface area contributed by atoms with Gasteiger partial charge in [0.05, 0.1) is 5.57 Å². The Kier molecular flexibility index (Phi) is 3.92. The number of amidine groups is 2. The number of anilines is 1. The van der Waals surface area contributed by atoms with Crippen LogP contribution >= 0.6 is 0 Å². The van der Waals surface area contributed by atoms with Gasteiger partial charge >= 0.3 is 0 Å². The molecule has 0 saturated heterocycles. The average Bonchev–Trinajstić information content (AvgIpc) is 3.16. The average molecular weight is 372 g/mol. The first-order valence-electron chi connectivity index (χ1n) is 8.25. The molecule has 1 unspecified atom stereocenters. The van der Waals surface area contributed by atoms with Gasteiger partial charge in [0.15, 0.2) is 11.7 Å². The molecule has 3 heterocycles. The Morgan fingerprint density at radius 2 is 2.07 bits per heavy atom. The Hall–Kier alpha value is -3.27. The number of hydrazine groups is 1. The number of aliphatic imine (C=N–C) groups is 2. The van der Waals surface area contributed by atoms with E-state index in [1.54, 1.807) is 18.3 Å². The molecule has 1 aromatic heterocycles. The van der Waals surface area contributed by atoms with Gasteiger partial charge in [-0.3, -0.25) is 15.8 Å². The van der Waals surface area contributed by atoms with Crippen LogP contribution < -0.4 is 16.5 Å². The van der Waals surface area contributed by atoms with Crippen molar-refractivity contribution in [2.75, 3.05) is 12.4 Å². The molecule has 0 radical (unpaired) electrons. The van der Waals surface area contributed by atoms with Gasteiger partial charge < -0.3 is 10.7 Å². The second kappa shape index (κ2) is 6.16. The Labute approximate surface area is 153 Å². The highest BCUT2D eigenvalue weighted by atomic mass is 19.1. The molecule has 2 aliphatic rings. The fourth-order valence-electron chi connectivity index (χ4n) is 2.96. The summed E-state index contributed by atoms with van der Waals surface area (Å²) < 4.78 is 27.3. The maximum atomic E-state index is 14.1. The fraction of sp³-hybridized carbons (Fsp3) is 0.235. The zero-order valence-corrected chi connectivity index (χ0v) is 14.7. The molecule has 0 aliphatic carbocycles. The Balaban J connectivity index is 1.70. The summed E-state index contributed by atoms with van der Waals surface area (Å²) in [5, 5.41) is 11.8. The van der Waals surface area contributed by atoms with E-state index in [1.807, 2.05) is 13.0 Å². The highest BCUT2D eigenvalue weighted by Crippen LogP contribution is 2.26. The molecule has 2 aromatic rings. The fourth-order valence-corrected chi connectivity index (χ4v) is 2.96. The van der Waals surface area contributed by atoms with Gasteiger partial charge in [0.1, 0.15) is 17.5 Å². The number of hydrogen-bond acceptors (Lipinski definition) is 7. The molecule has 0 bridgehead atoms. The van der Waals surface area contributed by atoms with E-state index in [4.69, 9.17) is 5.73 Å². The minimum Gasteiger partial charge on any atom is -0.323 e. The van der Waals surface area contributed by atoms with Gasteiger partial charge in [-0.25, -0.2) is 18.8 Å². The number of nitrogens with zero attached hydrogens (tertiary/aromatic N) is 4. The zero-order chi connectivity index (χ0) is 19.2. The number of halogens is 2. The predicted molar refractivity (Wildman–Crippen MR) is 97.8 cm³/mol. The van der Waals surface area contributed by atoms with Crippen molar-refractivity contribution in [3.8, 4) is 0 Å².